The molecule has 1 heterocycles. The zero-order chi connectivity index (χ0) is 13.8. The minimum Gasteiger partial charge on any atom is -0.323 e. The van der Waals surface area contributed by atoms with Crippen LogP contribution in [0.1, 0.15) is 16.8 Å². The number of nitrogens with zero attached hydrogens (tertiary/aromatic N) is 1. The Labute approximate surface area is 107 Å². The number of aryl methyl sites for hydroxylation is 2. The summed E-state index contributed by atoms with van der Waals surface area (Å²) in [5.41, 5.74) is -0.129. The summed E-state index contributed by atoms with van der Waals surface area (Å²) in [5.74, 6) is -0.560. The number of halogens is 1. The molecule has 0 bridgehead atoms. The lowest BCUT2D eigenvalue weighted by atomic mass is 10.1. The fourth-order valence-corrected chi connectivity index (χ4v) is 1.68. The lowest BCUT2D eigenvalue weighted by Gasteiger charge is -2.02. The van der Waals surface area contributed by atoms with Gasteiger partial charge in [0.05, 0.1) is 5.56 Å². The summed E-state index contributed by atoms with van der Waals surface area (Å²) >= 11 is 0. The smallest absolute Gasteiger partial charge is 0.313 e. The van der Waals surface area contributed by atoms with Crippen LogP contribution >= 0.6 is 0 Å². The maximum atomic E-state index is 13.4. The van der Waals surface area contributed by atoms with Crippen LogP contribution in [0.5, 0.6) is 0 Å². The number of nitriles is 1. The molecule has 2 rings (SSSR count). The number of benzene rings is 1. The van der Waals surface area contributed by atoms with Gasteiger partial charge in [0.2, 0.25) is 0 Å². The van der Waals surface area contributed by atoms with Crippen molar-refractivity contribution in [1.29, 1.82) is 5.26 Å². The van der Waals surface area contributed by atoms with Crippen molar-refractivity contribution in [3.63, 3.8) is 0 Å². The number of hydrogen-bond donors (Lipinski definition) is 2. The molecule has 0 spiro atoms. The van der Waals surface area contributed by atoms with E-state index in [1.54, 1.807) is 12.1 Å². The van der Waals surface area contributed by atoms with Crippen molar-refractivity contribution < 1.29 is 4.39 Å². The Morgan fingerprint density at radius 3 is 2.63 bits per heavy atom. The van der Waals surface area contributed by atoms with E-state index in [1.807, 2.05) is 0 Å². The molecule has 2 N–H and O–H groups in total. The first-order valence-electron chi connectivity index (χ1n) is 5.59. The molecule has 1 aromatic carbocycles. The molecule has 0 aliphatic carbocycles. The Morgan fingerprint density at radius 1 is 1.21 bits per heavy atom. The van der Waals surface area contributed by atoms with E-state index < -0.39 is 16.9 Å². The first kappa shape index (κ1) is 12.8. The molecule has 0 radical (unpaired) electrons. The van der Waals surface area contributed by atoms with Crippen LogP contribution in [0.3, 0.4) is 0 Å². The van der Waals surface area contributed by atoms with Crippen LogP contribution in [-0.2, 0) is 12.8 Å². The lowest BCUT2D eigenvalue weighted by Crippen LogP contribution is -2.29. The van der Waals surface area contributed by atoms with Gasteiger partial charge in [-0.15, -0.1) is 0 Å². The summed E-state index contributed by atoms with van der Waals surface area (Å²) in [7, 11) is 0. The number of hydrogen-bond acceptors (Lipinski definition) is 3. The summed E-state index contributed by atoms with van der Waals surface area (Å²) in [6.45, 7) is 0. The summed E-state index contributed by atoms with van der Waals surface area (Å²) in [6, 6.07) is 6.12. The molecule has 0 saturated heterocycles. The van der Waals surface area contributed by atoms with E-state index in [9.17, 15) is 14.0 Å². The van der Waals surface area contributed by atoms with E-state index in [1.165, 1.54) is 18.3 Å². The van der Waals surface area contributed by atoms with Gasteiger partial charge in [0, 0.05) is 11.9 Å². The predicted molar refractivity (Wildman–Crippen MR) is 66.2 cm³/mol. The third-order valence-corrected chi connectivity index (χ3v) is 2.69. The van der Waals surface area contributed by atoms with Crippen molar-refractivity contribution in [1.82, 2.24) is 9.97 Å². The first-order valence-corrected chi connectivity index (χ1v) is 5.59. The number of aromatic nitrogens is 2. The molecule has 0 atom stereocenters. The maximum absolute atomic E-state index is 13.4. The van der Waals surface area contributed by atoms with Crippen molar-refractivity contribution in [3.05, 3.63) is 67.7 Å². The highest BCUT2D eigenvalue weighted by Gasteiger charge is 2.04. The van der Waals surface area contributed by atoms with Gasteiger partial charge in [-0.25, -0.2) is 4.39 Å². The third kappa shape index (κ3) is 2.96. The van der Waals surface area contributed by atoms with Crippen molar-refractivity contribution in [2.24, 2.45) is 0 Å². The van der Waals surface area contributed by atoms with Gasteiger partial charge in [0.15, 0.2) is 0 Å². The first-order chi connectivity index (χ1) is 9.10. The van der Waals surface area contributed by atoms with Crippen molar-refractivity contribution in [2.75, 3.05) is 0 Å². The van der Waals surface area contributed by atoms with Gasteiger partial charge in [-0.2, -0.15) is 5.26 Å². The monoisotopic (exact) mass is 259 g/mol. The van der Waals surface area contributed by atoms with E-state index in [4.69, 9.17) is 5.26 Å². The van der Waals surface area contributed by atoms with E-state index in [2.05, 4.69) is 9.97 Å². The molecule has 19 heavy (non-hydrogen) atoms. The average Bonchev–Trinajstić information content (AvgIpc) is 2.40. The fraction of sp³-hybridized carbons (Fsp3) is 0.154. The van der Waals surface area contributed by atoms with Gasteiger partial charge in [-0.3, -0.25) is 9.59 Å². The fourth-order valence-electron chi connectivity index (χ4n) is 1.68. The van der Waals surface area contributed by atoms with Crippen molar-refractivity contribution in [3.8, 4) is 6.07 Å². The van der Waals surface area contributed by atoms with Crippen LogP contribution in [0.15, 0.2) is 34.0 Å². The minimum atomic E-state index is -0.705. The lowest BCUT2D eigenvalue weighted by molar-refractivity contribution is 0.621. The molecule has 96 valence electrons. The Bertz CT molecular complexity index is 755. The number of H-pyrrole nitrogens is 2. The molecule has 1 aromatic heterocycles. The Kier molecular flexibility index (Phi) is 3.57. The zero-order valence-corrected chi connectivity index (χ0v) is 9.87. The average molecular weight is 259 g/mol. The summed E-state index contributed by atoms with van der Waals surface area (Å²) in [6.07, 6.45) is 2.37. The Hall–Kier alpha value is -2.68. The SMILES string of the molecule is N#Cc1ccc(CCc2c[nH]c(=O)c(=O)[nH]2)cc1F. The highest BCUT2D eigenvalue weighted by Crippen LogP contribution is 2.11. The molecular formula is C13H10FN3O2. The molecule has 0 fully saturated rings. The van der Waals surface area contributed by atoms with E-state index >= 15 is 0 Å². The molecule has 2 aromatic rings. The Balaban J connectivity index is 2.12. The molecule has 0 saturated carbocycles. The molecule has 5 nitrogen and oxygen atoms in total. The van der Waals surface area contributed by atoms with Gasteiger partial charge in [-0.1, -0.05) is 6.07 Å². The molecule has 0 aliphatic rings. The molecule has 0 aliphatic heterocycles. The van der Waals surface area contributed by atoms with Crippen LogP contribution in [0.25, 0.3) is 0 Å². The van der Waals surface area contributed by atoms with Crippen LogP contribution < -0.4 is 11.1 Å². The van der Waals surface area contributed by atoms with Crippen LogP contribution in [0.2, 0.25) is 0 Å². The van der Waals surface area contributed by atoms with Gasteiger partial charge < -0.3 is 9.97 Å². The second-order valence-electron chi connectivity index (χ2n) is 4.02. The van der Waals surface area contributed by atoms with E-state index in [0.29, 0.717) is 24.1 Å². The molecule has 0 amide bonds. The summed E-state index contributed by atoms with van der Waals surface area (Å²) in [4.78, 5) is 26.7. The molecule has 6 heteroatoms. The van der Waals surface area contributed by atoms with E-state index in [0.717, 1.165) is 0 Å². The molecule has 0 unspecified atom stereocenters. The number of nitrogens with one attached hydrogen (secondary N) is 2. The highest BCUT2D eigenvalue weighted by molar-refractivity contribution is 5.33. The van der Waals surface area contributed by atoms with Gasteiger partial charge in [0.25, 0.3) is 0 Å². The minimum absolute atomic E-state index is 0.00111. The summed E-state index contributed by atoms with van der Waals surface area (Å²) in [5, 5.41) is 8.61. The number of rotatable bonds is 3. The van der Waals surface area contributed by atoms with E-state index in [-0.39, 0.29) is 5.56 Å². The standard InChI is InChI=1S/C13H10FN3O2/c14-11-5-8(1-3-9(11)6-15)2-4-10-7-16-12(18)13(19)17-10/h1,3,5,7H,2,4H2,(H,16,18)(H,17,19). The zero-order valence-electron chi connectivity index (χ0n) is 9.87. The third-order valence-electron chi connectivity index (χ3n) is 2.69. The van der Waals surface area contributed by atoms with Crippen molar-refractivity contribution >= 4 is 0 Å². The quantitative estimate of drug-likeness (QED) is 0.801. The van der Waals surface area contributed by atoms with Crippen LogP contribution in [0.4, 0.5) is 4.39 Å². The summed E-state index contributed by atoms with van der Waals surface area (Å²) < 4.78 is 13.4. The van der Waals surface area contributed by atoms with Crippen LogP contribution in [-0.4, -0.2) is 9.97 Å². The van der Waals surface area contributed by atoms with Crippen molar-refractivity contribution in [2.45, 2.75) is 12.8 Å². The van der Waals surface area contributed by atoms with Gasteiger partial charge in [-0.05, 0) is 30.5 Å². The highest BCUT2D eigenvalue weighted by atomic mass is 19.1. The largest absolute Gasteiger partial charge is 0.323 e. The molecular weight excluding hydrogens is 249 g/mol. The second kappa shape index (κ2) is 5.31. The number of aromatic amines is 2. The topological polar surface area (TPSA) is 89.5 Å². The van der Waals surface area contributed by atoms with Gasteiger partial charge in [0.1, 0.15) is 11.9 Å². The maximum Gasteiger partial charge on any atom is 0.313 e. The van der Waals surface area contributed by atoms with Gasteiger partial charge >= 0.3 is 11.1 Å². The second-order valence-corrected chi connectivity index (χ2v) is 4.02. The van der Waals surface area contributed by atoms with Crippen LogP contribution in [0, 0.1) is 17.1 Å². The predicted octanol–water partition coefficient (Wildman–Crippen LogP) is 0.859. The normalized spacial score (nSPS) is 10.1. The Morgan fingerprint density at radius 2 is 2.00 bits per heavy atom.